The Morgan fingerprint density at radius 2 is 1.56 bits per heavy atom. The summed E-state index contributed by atoms with van der Waals surface area (Å²) in [5, 5.41) is 5.13. The van der Waals surface area contributed by atoms with E-state index in [9.17, 15) is 14.0 Å². The van der Waals surface area contributed by atoms with Gasteiger partial charge in [-0.15, -0.1) is 0 Å². The maximum Gasteiger partial charge on any atom is 0.242 e. The first kappa shape index (κ1) is 23.5. The van der Waals surface area contributed by atoms with Gasteiger partial charge in [-0.2, -0.15) is 0 Å². The summed E-state index contributed by atoms with van der Waals surface area (Å²) >= 11 is 0. The molecule has 0 aliphatic carbocycles. The van der Waals surface area contributed by atoms with E-state index in [4.69, 9.17) is 0 Å². The minimum Gasteiger partial charge on any atom is -0.354 e. The predicted octanol–water partition coefficient (Wildman–Crippen LogP) is 5.10. The Labute approximate surface area is 189 Å². The lowest BCUT2D eigenvalue weighted by Crippen LogP contribution is -2.48. The van der Waals surface area contributed by atoms with Gasteiger partial charge in [0.2, 0.25) is 11.8 Å². The van der Waals surface area contributed by atoms with Gasteiger partial charge < -0.3 is 10.2 Å². The number of carbonyl (C=O) groups is 2. The summed E-state index contributed by atoms with van der Waals surface area (Å²) in [5.41, 5.74) is 1.48. The molecule has 3 rings (SSSR count). The van der Waals surface area contributed by atoms with Crippen molar-refractivity contribution in [2.24, 2.45) is 5.92 Å². The molecule has 168 valence electrons. The molecule has 0 fully saturated rings. The summed E-state index contributed by atoms with van der Waals surface area (Å²) < 4.78 is 14.3. The van der Waals surface area contributed by atoms with E-state index < -0.39 is 6.04 Å². The van der Waals surface area contributed by atoms with E-state index in [1.54, 1.807) is 25.1 Å². The number of rotatable bonds is 9. The molecule has 0 aliphatic rings. The van der Waals surface area contributed by atoms with Crippen molar-refractivity contribution in [2.75, 3.05) is 6.54 Å². The number of aryl methyl sites for hydroxylation is 1. The Morgan fingerprint density at radius 3 is 2.31 bits per heavy atom. The van der Waals surface area contributed by atoms with Crippen LogP contribution in [0, 0.1) is 11.7 Å². The van der Waals surface area contributed by atoms with Crippen molar-refractivity contribution in [1.29, 1.82) is 0 Å². The van der Waals surface area contributed by atoms with Crippen molar-refractivity contribution in [3.8, 4) is 0 Å². The minimum atomic E-state index is -0.701. The first-order valence-corrected chi connectivity index (χ1v) is 11.1. The van der Waals surface area contributed by atoms with Crippen LogP contribution >= 0.6 is 0 Å². The molecule has 1 N–H and O–H groups in total. The van der Waals surface area contributed by atoms with Crippen LogP contribution in [0.2, 0.25) is 0 Å². The summed E-state index contributed by atoms with van der Waals surface area (Å²) in [5.74, 6) is -0.482. The molecule has 3 aromatic rings. The van der Waals surface area contributed by atoms with E-state index in [2.05, 4.69) is 5.32 Å². The summed E-state index contributed by atoms with van der Waals surface area (Å²) in [6.45, 7) is 6.30. The third kappa shape index (κ3) is 5.94. The molecule has 32 heavy (non-hydrogen) atoms. The SMILES string of the molecule is CC(C)CNC(=O)C(C)N(Cc1ccccc1F)C(=O)CCc1cccc2ccccc12. The summed E-state index contributed by atoms with van der Waals surface area (Å²) in [4.78, 5) is 27.5. The van der Waals surface area contributed by atoms with Gasteiger partial charge in [0, 0.05) is 25.1 Å². The standard InChI is InChI=1S/C27H31FN2O2/c1-19(2)17-29-27(32)20(3)30(18-23-10-5-7-14-25(23)28)26(31)16-15-22-12-8-11-21-9-4-6-13-24(21)22/h4-14,19-20H,15-18H2,1-3H3,(H,29,32). The number of benzene rings is 3. The van der Waals surface area contributed by atoms with Gasteiger partial charge in [0.05, 0.1) is 0 Å². The molecule has 0 radical (unpaired) electrons. The van der Waals surface area contributed by atoms with Crippen molar-refractivity contribution in [1.82, 2.24) is 10.2 Å². The van der Waals surface area contributed by atoms with Crippen LogP contribution in [0.1, 0.15) is 38.3 Å². The maximum atomic E-state index is 14.3. The number of nitrogens with zero attached hydrogens (tertiary/aromatic N) is 1. The zero-order valence-electron chi connectivity index (χ0n) is 19.0. The summed E-state index contributed by atoms with van der Waals surface area (Å²) in [7, 11) is 0. The quantitative estimate of drug-likeness (QED) is 0.509. The summed E-state index contributed by atoms with van der Waals surface area (Å²) in [6.07, 6.45) is 0.790. The highest BCUT2D eigenvalue weighted by Crippen LogP contribution is 2.21. The van der Waals surface area contributed by atoms with Gasteiger partial charge in [-0.25, -0.2) is 4.39 Å². The van der Waals surface area contributed by atoms with E-state index >= 15 is 0 Å². The van der Waals surface area contributed by atoms with Gasteiger partial charge in [-0.3, -0.25) is 9.59 Å². The molecule has 0 saturated heterocycles. The number of amides is 2. The van der Waals surface area contributed by atoms with Crippen molar-refractivity contribution in [3.05, 3.63) is 83.7 Å². The Bertz CT molecular complexity index is 1070. The Balaban J connectivity index is 1.78. The van der Waals surface area contributed by atoms with Crippen LogP contribution in [0.5, 0.6) is 0 Å². The maximum absolute atomic E-state index is 14.3. The van der Waals surface area contributed by atoms with Gasteiger partial charge in [0.25, 0.3) is 0 Å². The van der Waals surface area contributed by atoms with Gasteiger partial charge in [-0.1, -0.05) is 74.5 Å². The fourth-order valence-corrected chi connectivity index (χ4v) is 3.74. The molecular weight excluding hydrogens is 403 g/mol. The predicted molar refractivity (Wildman–Crippen MR) is 127 cm³/mol. The van der Waals surface area contributed by atoms with E-state index in [0.717, 1.165) is 16.3 Å². The van der Waals surface area contributed by atoms with Crippen LogP contribution in [0.15, 0.2) is 66.7 Å². The molecule has 0 aromatic heterocycles. The zero-order chi connectivity index (χ0) is 23.1. The molecule has 0 spiro atoms. The largest absolute Gasteiger partial charge is 0.354 e. The number of carbonyl (C=O) groups excluding carboxylic acids is 2. The highest BCUT2D eigenvalue weighted by molar-refractivity contribution is 5.88. The first-order chi connectivity index (χ1) is 15.4. The van der Waals surface area contributed by atoms with Gasteiger partial charge in [0.1, 0.15) is 11.9 Å². The van der Waals surface area contributed by atoms with Gasteiger partial charge >= 0.3 is 0 Å². The van der Waals surface area contributed by atoms with Gasteiger partial charge in [-0.05, 0) is 41.7 Å². The molecule has 0 saturated carbocycles. The van der Waals surface area contributed by atoms with Crippen LogP contribution in [-0.2, 0) is 22.6 Å². The zero-order valence-corrected chi connectivity index (χ0v) is 19.0. The van der Waals surface area contributed by atoms with Crippen molar-refractivity contribution < 1.29 is 14.0 Å². The smallest absolute Gasteiger partial charge is 0.242 e. The number of nitrogens with one attached hydrogen (secondary N) is 1. The molecular formula is C27H31FN2O2. The Kier molecular flexibility index (Phi) is 7.98. The van der Waals surface area contributed by atoms with Crippen LogP contribution in [0.25, 0.3) is 10.8 Å². The fraction of sp³-hybridized carbons (Fsp3) is 0.333. The normalized spacial score (nSPS) is 12.0. The number of halogens is 1. The second-order valence-corrected chi connectivity index (χ2v) is 8.57. The average Bonchev–Trinajstić information content (AvgIpc) is 2.80. The lowest BCUT2D eigenvalue weighted by molar-refractivity contribution is -0.140. The molecule has 1 atom stereocenters. The second-order valence-electron chi connectivity index (χ2n) is 8.57. The van der Waals surface area contributed by atoms with Crippen LogP contribution in [0.4, 0.5) is 4.39 Å². The first-order valence-electron chi connectivity index (χ1n) is 11.1. The van der Waals surface area contributed by atoms with Crippen molar-refractivity contribution >= 4 is 22.6 Å². The Hall–Kier alpha value is -3.21. The minimum absolute atomic E-state index is 0.0529. The van der Waals surface area contributed by atoms with Crippen molar-refractivity contribution in [2.45, 2.75) is 46.2 Å². The van der Waals surface area contributed by atoms with Crippen LogP contribution in [0.3, 0.4) is 0 Å². The molecule has 0 heterocycles. The number of fused-ring (bicyclic) bond motifs is 1. The average molecular weight is 435 g/mol. The fourth-order valence-electron chi connectivity index (χ4n) is 3.74. The molecule has 0 bridgehead atoms. The second kappa shape index (κ2) is 10.9. The molecule has 5 heteroatoms. The van der Waals surface area contributed by atoms with Crippen LogP contribution < -0.4 is 5.32 Å². The topological polar surface area (TPSA) is 49.4 Å². The van der Waals surface area contributed by atoms with Crippen molar-refractivity contribution in [3.63, 3.8) is 0 Å². The Morgan fingerprint density at radius 1 is 0.906 bits per heavy atom. The summed E-state index contributed by atoms with van der Waals surface area (Å²) in [6, 6.07) is 19.8. The van der Waals surface area contributed by atoms with E-state index in [1.807, 2.05) is 56.3 Å². The lowest BCUT2D eigenvalue weighted by Gasteiger charge is -2.29. The molecule has 3 aromatic carbocycles. The number of hydrogen-bond acceptors (Lipinski definition) is 2. The highest BCUT2D eigenvalue weighted by Gasteiger charge is 2.26. The molecule has 4 nitrogen and oxygen atoms in total. The molecule has 2 amide bonds. The highest BCUT2D eigenvalue weighted by atomic mass is 19.1. The lowest BCUT2D eigenvalue weighted by atomic mass is 10.0. The number of hydrogen-bond donors (Lipinski definition) is 1. The van der Waals surface area contributed by atoms with Crippen LogP contribution in [-0.4, -0.2) is 29.3 Å². The van der Waals surface area contributed by atoms with Gasteiger partial charge in [0.15, 0.2) is 0 Å². The van der Waals surface area contributed by atoms with E-state index in [1.165, 1.54) is 11.0 Å². The monoisotopic (exact) mass is 434 g/mol. The third-order valence-electron chi connectivity index (χ3n) is 5.64. The third-order valence-corrected chi connectivity index (χ3v) is 5.64. The molecule has 0 aliphatic heterocycles. The van der Waals surface area contributed by atoms with E-state index in [-0.39, 0.29) is 30.6 Å². The van der Waals surface area contributed by atoms with E-state index in [0.29, 0.717) is 24.4 Å². The molecule has 1 unspecified atom stereocenters.